The van der Waals surface area contributed by atoms with Crippen molar-refractivity contribution in [2.45, 2.75) is 12.5 Å². The van der Waals surface area contributed by atoms with Gasteiger partial charge in [-0.3, -0.25) is 10.1 Å². The molecule has 1 aromatic carbocycles. The highest BCUT2D eigenvalue weighted by atomic mass is 19.2. The van der Waals surface area contributed by atoms with Gasteiger partial charge in [-0.25, -0.2) is 8.78 Å². The number of hydrogen-bond acceptors (Lipinski definition) is 5. The number of hydrogen-bond donors (Lipinski definition) is 2. The standard InChI is InChI=1S/C12H17F2N3O3/c1-12(18,7-16(2)3)6-15-11-9(17(19)20)5-4-8(13)10(11)14/h4-5,15,18H,6-7H2,1-3H3. The lowest BCUT2D eigenvalue weighted by atomic mass is 10.1. The van der Waals surface area contributed by atoms with Crippen molar-refractivity contribution < 1.29 is 18.8 Å². The fourth-order valence-corrected chi connectivity index (χ4v) is 1.88. The number of nitro groups is 1. The Hall–Kier alpha value is -1.80. The molecule has 0 heterocycles. The van der Waals surface area contributed by atoms with Crippen LogP contribution in [-0.2, 0) is 0 Å². The van der Waals surface area contributed by atoms with Crippen LogP contribution < -0.4 is 5.32 Å². The van der Waals surface area contributed by atoms with E-state index in [1.54, 1.807) is 19.0 Å². The van der Waals surface area contributed by atoms with E-state index < -0.39 is 33.5 Å². The number of anilines is 1. The summed E-state index contributed by atoms with van der Waals surface area (Å²) in [6, 6.07) is 1.57. The molecule has 1 atom stereocenters. The van der Waals surface area contributed by atoms with Gasteiger partial charge in [-0.1, -0.05) is 0 Å². The highest BCUT2D eigenvalue weighted by molar-refractivity contribution is 5.62. The number of likely N-dealkylation sites (N-methyl/N-ethyl adjacent to an activating group) is 1. The first-order valence-electron chi connectivity index (χ1n) is 5.87. The van der Waals surface area contributed by atoms with Gasteiger partial charge in [-0.2, -0.15) is 0 Å². The predicted molar refractivity (Wildman–Crippen MR) is 70.7 cm³/mol. The van der Waals surface area contributed by atoms with Gasteiger partial charge in [-0.05, 0) is 27.1 Å². The van der Waals surface area contributed by atoms with Gasteiger partial charge in [-0.15, -0.1) is 0 Å². The number of nitro benzene ring substituents is 1. The Morgan fingerprint density at radius 1 is 1.45 bits per heavy atom. The van der Waals surface area contributed by atoms with E-state index in [9.17, 15) is 24.0 Å². The second-order valence-corrected chi connectivity index (χ2v) is 5.10. The summed E-state index contributed by atoms with van der Waals surface area (Å²) in [7, 11) is 3.47. The second-order valence-electron chi connectivity index (χ2n) is 5.10. The molecule has 1 aromatic rings. The second kappa shape index (κ2) is 6.10. The van der Waals surface area contributed by atoms with Gasteiger partial charge in [0.15, 0.2) is 17.3 Å². The zero-order valence-corrected chi connectivity index (χ0v) is 11.5. The fourth-order valence-electron chi connectivity index (χ4n) is 1.88. The maximum Gasteiger partial charge on any atom is 0.295 e. The van der Waals surface area contributed by atoms with Crippen LogP contribution in [0.25, 0.3) is 0 Å². The lowest BCUT2D eigenvalue weighted by Gasteiger charge is -2.27. The van der Waals surface area contributed by atoms with Gasteiger partial charge >= 0.3 is 0 Å². The molecule has 112 valence electrons. The third-order valence-electron chi connectivity index (χ3n) is 2.57. The normalized spacial score (nSPS) is 14.2. The number of nitrogens with one attached hydrogen (secondary N) is 1. The molecule has 1 rings (SSSR count). The number of nitrogens with zero attached hydrogens (tertiary/aromatic N) is 2. The number of aliphatic hydroxyl groups is 1. The Kier molecular flexibility index (Phi) is 4.96. The summed E-state index contributed by atoms with van der Waals surface area (Å²) in [6.07, 6.45) is 0. The molecule has 0 radical (unpaired) electrons. The molecule has 0 aliphatic carbocycles. The van der Waals surface area contributed by atoms with Crippen molar-refractivity contribution in [3.05, 3.63) is 33.9 Å². The van der Waals surface area contributed by atoms with Gasteiger partial charge < -0.3 is 15.3 Å². The minimum absolute atomic E-state index is 0.160. The largest absolute Gasteiger partial charge is 0.387 e. The van der Waals surface area contributed by atoms with Crippen molar-refractivity contribution in [3.63, 3.8) is 0 Å². The highest BCUT2D eigenvalue weighted by Gasteiger charge is 2.26. The Bertz CT molecular complexity index is 507. The molecule has 0 bridgehead atoms. The van der Waals surface area contributed by atoms with Gasteiger partial charge in [0.2, 0.25) is 0 Å². The van der Waals surface area contributed by atoms with Crippen LogP contribution in [0, 0.1) is 21.7 Å². The SMILES string of the molecule is CN(C)CC(C)(O)CNc1c([N+](=O)[O-])ccc(F)c1F. The zero-order valence-electron chi connectivity index (χ0n) is 11.5. The van der Waals surface area contributed by atoms with Crippen molar-refractivity contribution in [3.8, 4) is 0 Å². The molecular weight excluding hydrogens is 272 g/mol. The minimum Gasteiger partial charge on any atom is -0.387 e. The molecule has 0 saturated heterocycles. The van der Waals surface area contributed by atoms with Crippen molar-refractivity contribution in [1.29, 1.82) is 0 Å². The number of halogens is 2. The predicted octanol–water partition coefficient (Wildman–Crippen LogP) is 1.60. The lowest BCUT2D eigenvalue weighted by molar-refractivity contribution is -0.384. The van der Waals surface area contributed by atoms with Crippen molar-refractivity contribution in [2.75, 3.05) is 32.5 Å². The number of rotatable bonds is 6. The first kappa shape index (κ1) is 16.3. The molecule has 0 amide bonds. The van der Waals surface area contributed by atoms with E-state index in [-0.39, 0.29) is 13.1 Å². The van der Waals surface area contributed by atoms with Crippen LogP contribution in [0.15, 0.2) is 12.1 Å². The Balaban J connectivity index is 2.97. The molecule has 0 spiro atoms. The van der Waals surface area contributed by atoms with E-state index in [1.807, 2.05) is 0 Å². The summed E-state index contributed by atoms with van der Waals surface area (Å²) in [5.74, 6) is -2.52. The zero-order chi connectivity index (χ0) is 15.5. The molecule has 0 aromatic heterocycles. The quantitative estimate of drug-likeness (QED) is 0.614. The van der Waals surface area contributed by atoms with E-state index in [0.29, 0.717) is 6.07 Å². The summed E-state index contributed by atoms with van der Waals surface area (Å²) in [5, 5.41) is 23.3. The molecule has 6 nitrogen and oxygen atoms in total. The monoisotopic (exact) mass is 289 g/mol. The summed E-state index contributed by atoms with van der Waals surface area (Å²) in [4.78, 5) is 11.7. The minimum atomic E-state index is -1.33. The van der Waals surface area contributed by atoms with E-state index >= 15 is 0 Å². The smallest absolute Gasteiger partial charge is 0.295 e. The molecule has 1 unspecified atom stereocenters. The Morgan fingerprint density at radius 3 is 2.55 bits per heavy atom. The molecule has 0 saturated carbocycles. The molecule has 20 heavy (non-hydrogen) atoms. The molecule has 2 N–H and O–H groups in total. The van der Waals surface area contributed by atoms with Gasteiger partial charge in [0.25, 0.3) is 5.69 Å². The molecule has 8 heteroatoms. The lowest BCUT2D eigenvalue weighted by Crippen LogP contribution is -2.43. The summed E-state index contributed by atoms with van der Waals surface area (Å²) in [6.45, 7) is 1.58. The van der Waals surface area contributed by atoms with Crippen LogP contribution in [0.3, 0.4) is 0 Å². The third-order valence-corrected chi connectivity index (χ3v) is 2.57. The van der Waals surface area contributed by atoms with E-state index in [2.05, 4.69) is 5.32 Å². The van der Waals surface area contributed by atoms with Crippen LogP contribution >= 0.6 is 0 Å². The van der Waals surface area contributed by atoms with Crippen molar-refractivity contribution in [1.82, 2.24) is 4.90 Å². The van der Waals surface area contributed by atoms with E-state index in [0.717, 1.165) is 6.07 Å². The first-order valence-corrected chi connectivity index (χ1v) is 5.87. The summed E-state index contributed by atoms with van der Waals surface area (Å²) in [5.41, 5.74) is -2.39. The Morgan fingerprint density at radius 2 is 2.05 bits per heavy atom. The summed E-state index contributed by atoms with van der Waals surface area (Å²) >= 11 is 0. The molecule has 0 aliphatic heterocycles. The Labute approximate surface area is 115 Å². The topological polar surface area (TPSA) is 78.6 Å². The third kappa shape index (κ3) is 4.10. The van der Waals surface area contributed by atoms with Crippen LogP contribution in [0.4, 0.5) is 20.2 Å². The van der Waals surface area contributed by atoms with Crippen LogP contribution in [-0.4, -0.2) is 47.7 Å². The van der Waals surface area contributed by atoms with Gasteiger partial charge in [0, 0.05) is 19.2 Å². The maximum atomic E-state index is 13.6. The fraction of sp³-hybridized carbons (Fsp3) is 0.500. The molecular formula is C12H17F2N3O3. The highest BCUT2D eigenvalue weighted by Crippen LogP contribution is 2.29. The molecule has 0 fully saturated rings. The van der Waals surface area contributed by atoms with E-state index in [1.165, 1.54) is 6.92 Å². The summed E-state index contributed by atoms with van der Waals surface area (Å²) < 4.78 is 26.8. The first-order chi connectivity index (χ1) is 9.14. The van der Waals surface area contributed by atoms with Crippen molar-refractivity contribution >= 4 is 11.4 Å². The number of benzene rings is 1. The average molecular weight is 289 g/mol. The van der Waals surface area contributed by atoms with E-state index in [4.69, 9.17) is 0 Å². The van der Waals surface area contributed by atoms with Crippen LogP contribution in [0.1, 0.15) is 6.92 Å². The average Bonchev–Trinajstić information content (AvgIpc) is 2.28. The molecule has 0 aliphatic rings. The van der Waals surface area contributed by atoms with Crippen molar-refractivity contribution in [2.24, 2.45) is 0 Å². The van der Waals surface area contributed by atoms with Gasteiger partial charge in [0.1, 0.15) is 0 Å². The van der Waals surface area contributed by atoms with Crippen LogP contribution in [0.2, 0.25) is 0 Å². The van der Waals surface area contributed by atoms with Gasteiger partial charge in [0.05, 0.1) is 10.5 Å². The maximum absolute atomic E-state index is 13.6. The van der Waals surface area contributed by atoms with Crippen LogP contribution in [0.5, 0.6) is 0 Å².